The van der Waals surface area contributed by atoms with Crippen molar-refractivity contribution in [1.29, 1.82) is 0 Å². The molecule has 0 aliphatic carbocycles. The van der Waals surface area contributed by atoms with Crippen molar-refractivity contribution in [3.63, 3.8) is 0 Å². The van der Waals surface area contributed by atoms with E-state index in [2.05, 4.69) is 17.1 Å². The van der Waals surface area contributed by atoms with Gasteiger partial charge in [-0.25, -0.2) is 4.39 Å². The van der Waals surface area contributed by atoms with Crippen LogP contribution in [0.3, 0.4) is 0 Å². The molecule has 3 nitrogen and oxygen atoms in total. The predicted octanol–water partition coefficient (Wildman–Crippen LogP) is 2.44. The molecule has 106 valence electrons. The van der Waals surface area contributed by atoms with Crippen molar-refractivity contribution >= 4 is 5.69 Å². The highest BCUT2D eigenvalue weighted by Gasteiger charge is 2.31. The van der Waals surface area contributed by atoms with Crippen LogP contribution in [0, 0.1) is 5.82 Å². The minimum Gasteiger partial charge on any atom is -0.376 e. The van der Waals surface area contributed by atoms with Crippen LogP contribution in [0.4, 0.5) is 10.1 Å². The highest BCUT2D eigenvalue weighted by molar-refractivity contribution is 5.47. The normalized spacial score (nSPS) is 25.0. The fourth-order valence-electron chi connectivity index (χ4n) is 2.79. The largest absolute Gasteiger partial charge is 0.376 e. The highest BCUT2D eigenvalue weighted by Crippen LogP contribution is 2.27. The molecular weight excluding hydrogens is 241 g/mol. The van der Waals surface area contributed by atoms with Gasteiger partial charge in [-0.05, 0) is 44.5 Å². The predicted molar refractivity (Wildman–Crippen MR) is 77.8 cm³/mol. The van der Waals surface area contributed by atoms with Gasteiger partial charge in [-0.3, -0.25) is 0 Å². The van der Waals surface area contributed by atoms with E-state index in [1.165, 1.54) is 6.07 Å². The molecule has 2 rings (SSSR count). The maximum atomic E-state index is 13.8. The average molecular weight is 265 g/mol. The Bertz CT molecular complexity index is 410. The number of likely N-dealkylation sites (tertiary alicyclic amines) is 1. The smallest absolute Gasteiger partial charge is 0.146 e. The number of para-hydroxylation sites is 1. The Balaban J connectivity index is 2.12. The summed E-state index contributed by atoms with van der Waals surface area (Å²) in [6.45, 7) is 5.92. The lowest BCUT2D eigenvalue weighted by Gasteiger charge is -2.34. The summed E-state index contributed by atoms with van der Waals surface area (Å²) in [6.07, 6.45) is 3.06. The number of rotatable bonds is 4. The van der Waals surface area contributed by atoms with Crippen molar-refractivity contribution < 1.29 is 4.39 Å². The second kappa shape index (κ2) is 6.35. The summed E-state index contributed by atoms with van der Waals surface area (Å²) in [4.78, 5) is 2.43. The standard InChI is InChI=1S/C15H24FN3/c1-2-19-10-5-8-15(12-17,9-11-19)18-14-7-4-3-6-13(14)16/h3-4,6-7,18H,2,5,8-12,17H2,1H3. The summed E-state index contributed by atoms with van der Waals surface area (Å²) in [5, 5.41) is 3.37. The van der Waals surface area contributed by atoms with E-state index in [-0.39, 0.29) is 11.4 Å². The first-order valence-electron chi connectivity index (χ1n) is 7.14. The van der Waals surface area contributed by atoms with E-state index in [0.29, 0.717) is 12.2 Å². The van der Waals surface area contributed by atoms with Crippen LogP contribution in [0.15, 0.2) is 24.3 Å². The number of anilines is 1. The third kappa shape index (κ3) is 3.45. The monoisotopic (exact) mass is 265 g/mol. The Labute approximate surface area is 115 Å². The Hall–Kier alpha value is -1.13. The Morgan fingerprint density at radius 1 is 1.32 bits per heavy atom. The van der Waals surface area contributed by atoms with E-state index in [4.69, 9.17) is 5.73 Å². The quantitative estimate of drug-likeness (QED) is 0.878. The minimum absolute atomic E-state index is 0.174. The van der Waals surface area contributed by atoms with Crippen LogP contribution >= 0.6 is 0 Å². The van der Waals surface area contributed by atoms with Gasteiger partial charge < -0.3 is 16.0 Å². The second-order valence-electron chi connectivity index (χ2n) is 5.38. The number of nitrogens with zero attached hydrogens (tertiary/aromatic N) is 1. The molecule has 1 fully saturated rings. The SMILES string of the molecule is CCN1CCCC(CN)(Nc2ccccc2F)CC1. The van der Waals surface area contributed by atoms with Gasteiger partial charge in [-0.1, -0.05) is 19.1 Å². The third-order valence-corrected chi connectivity index (χ3v) is 4.15. The molecule has 3 N–H and O–H groups in total. The molecule has 1 aliphatic heterocycles. The van der Waals surface area contributed by atoms with Crippen molar-refractivity contribution in [3.05, 3.63) is 30.1 Å². The lowest BCUT2D eigenvalue weighted by atomic mass is 9.90. The van der Waals surface area contributed by atoms with Gasteiger partial charge in [0.2, 0.25) is 0 Å². The Morgan fingerprint density at radius 2 is 2.11 bits per heavy atom. The third-order valence-electron chi connectivity index (χ3n) is 4.15. The summed E-state index contributed by atoms with van der Waals surface area (Å²) in [5.74, 6) is -0.202. The van der Waals surface area contributed by atoms with Crippen LogP contribution in [0.25, 0.3) is 0 Å². The molecule has 1 heterocycles. The molecule has 1 atom stereocenters. The zero-order chi connectivity index (χ0) is 13.7. The van der Waals surface area contributed by atoms with Crippen LogP contribution < -0.4 is 11.1 Å². The summed E-state index contributed by atoms with van der Waals surface area (Å²) < 4.78 is 13.8. The maximum Gasteiger partial charge on any atom is 0.146 e. The van der Waals surface area contributed by atoms with Gasteiger partial charge in [0.05, 0.1) is 11.2 Å². The van der Waals surface area contributed by atoms with Crippen molar-refractivity contribution in [3.8, 4) is 0 Å². The highest BCUT2D eigenvalue weighted by atomic mass is 19.1. The van der Waals surface area contributed by atoms with Gasteiger partial charge in [-0.2, -0.15) is 0 Å². The van der Waals surface area contributed by atoms with Crippen LogP contribution in [-0.2, 0) is 0 Å². The maximum absolute atomic E-state index is 13.8. The summed E-state index contributed by atoms with van der Waals surface area (Å²) in [5.41, 5.74) is 6.38. The van der Waals surface area contributed by atoms with Gasteiger partial charge in [0, 0.05) is 13.1 Å². The minimum atomic E-state index is -0.202. The van der Waals surface area contributed by atoms with Gasteiger partial charge in [0.1, 0.15) is 5.82 Å². The van der Waals surface area contributed by atoms with E-state index in [9.17, 15) is 4.39 Å². The van der Waals surface area contributed by atoms with Gasteiger partial charge in [0.25, 0.3) is 0 Å². The first-order valence-corrected chi connectivity index (χ1v) is 7.14. The summed E-state index contributed by atoms with van der Waals surface area (Å²) >= 11 is 0. The number of hydrogen-bond acceptors (Lipinski definition) is 3. The molecule has 0 radical (unpaired) electrons. The molecule has 1 aromatic carbocycles. The van der Waals surface area contributed by atoms with E-state index in [1.54, 1.807) is 12.1 Å². The lowest BCUT2D eigenvalue weighted by molar-refractivity contribution is 0.293. The molecule has 1 saturated heterocycles. The van der Waals surface area contributed by atoms with Gasteiger partial charge in [0.15, 0.2) is 0 Å². The average Bonchev–Trinajstić information content (AvgIpc) is 2.64. The second-order valence-corrected chi connectivity index (χ2v) is 5.38. The molecule has 0 amide bonds. The number of benzene rings is 1. The number of halogens is 1. The Morgan fingerprint density at radius 3 is 2.79 bits per heavy atom. The van der Waals surface area contributed by atoms with E-state index in [0.717, 1.165) is 38.9 Å². The van der Waals surface area contributed by atoms with Crippen LogP contribution in [0.1, 0.15) is 26.2 Å². The fourth-order valence-corrected chi connectivity index (χ4v) is 2.79. The first kappa shape index (κ1) is 14.3. The van der Waals surface area contributed by atoms with Crippen molar-refractivity contribution in [2.24, 2.45) is 5.73 Å². The van der Waals surface area contributed by atoms with E-state index >= 15 is 0 Å². The molecule has 0 spiro atoms. The zero-order valence-corrected chi connectivity index (χ0v) is 11.7. The van der Waals surface area contributed by atoms with Crippen molar-refractivity contribution in [1.82, 2.24) is 4.90 Å². The Kier molecular flexibility index (Phi) is 4.77. The molecule has 0 saturated carbocycles. The molecule has 1 aliphatic rings. The molecule has 0 aromatic heterocycles. The molecule has 0 bridgehead atoms. The summed E-state index contributed by atoms with van der Waals surface area (Å²) in [6, 6.07) is 6.84. The molecule has 1 unspecified atom stereocenters. The van der Waals surface area contributed by atoms with E-state index in [1.807, 2.05) is 6.07 Å². The number of hydrogen-bond donors (Lipinski definition) is 2. The van der Waals surface area contributed by atoms with Crippen LogP contribution in [0.5, 0.6) is 0 Å². The lowest BCUT2D eigenvalue weighted by Crippen LogP contribution is -2.46. The van der Waals surface area contributed by atoms with E-state index < -0.39 is 0 Å². The molecule has 1 aromatic rings. The zero-order valence-electron chi connectivity index (χ0n) is 11.7. The van der Waals surface area contributed by atoms with Crippen molar-refractivity contribution in [2.75, 3.05) is 31.5 Å². The first-order chi connectivity index (χ1) is 9.19. The molecular formula is C15H24FN3. The molecule has 19 heavy (non-hydrogen) atoms. The topological polar surface area (TPSA) is 41.3 Å². The number of nitrogens with two attached hydrogens (primary N) is 1. The van der Waals surface area contributed by atoms with Gasteiger partial charge >= 0.3 is 0 Å². The van der Waals surface area contributed by atoms with Crippen LogP contribution in [0.2, 0.25) is 0 Å². The fraction of sp³-hybridized carbons (Fsp3) is 0.600. The number of nitrogens with one attached hydrogen (secondary N) is 1. The van der Waals surface area contributed by atoms with Gasteiger partial charge in [-0.15, -0.1) is 0 Å². The summed E-state index contributed by atoms with van der Waals surface area (Å²) in [7, 11) is 0. The van der Waals surface area contributed by atoms with Crippen LogP contribution in [-0.4, -0.2) is 36.6 Å². The van der Waals surface area contributed by atoms with Crippen molar-refractivity contribution in [2.45, 2.75) is 31.7 Å². The molecule has 4 heteroatoms.